The van der Waals surface area contributed by atoms with Crippen LogP contribution in [0.15, 0.2) is 60.7 Å². The van der Waals surface area contributed by atoms with E-state index in [9.17, 15) is 9.59 Å². The van der Waals surface area contributed by atoms with Crippen molar-refractivity contribution in [1.82, 2.24) is 4.90 Å². The molecule has 1 saturated carbocycles. The highest BCUT2D eigenvalue weighted by Gasteiger charge is 2.50. The van der Waals surface area contributed by atoms with Crippen molar-refractivity contribution in [2.45, 2.75) is 276 Å². The van der Waals surface area contributed by atoms with E-state index in [1.54, 1.807) is 0 Å². The molecule has 0 N–H and O–H groups in total. The summed E-state index contributed by atoms with van der Waals surface area (Å²) < 4.78 is 19.5. The molecular formula is C64H111NO5SSi. The normalized spacial score (nSPS) is 16.7. The summed E-state index contributed by atoms with van der Waals surface area (Å²) >= 11 is 2.11. The fraction of sp³-hybridized carbons (Fsp3) is 0.781. The molecule has 2 aromatic rings. The van der Waals surface area contributed by atoms with Crippen LogP contribution in [0.5, 0.6) is 0 Å². The Kier molecular flexibility index (Phi) is 35.0. The second-order valence-corrected chi connectivity index (χ2v) is 28.7. The lowest BCUT2D eigenvalue weighted by Gasteiger charge is -2.43. The van der Waals surface area contributed by atoms with Crippen LogP contribution < -0.4 is 10.4 Å². The summed E-state index contributed by atoms with van der Waals surface area (Å²) in [7, 11) is -0.167. The van der Waals surface area contributed by atoms with Gasteiger partial charge in [-0.1, -0.05) is 218 Å². The lowest BCUT2D eigenvalue weighted by molar-refractivity contribution is -0.150. The Morgan fingerprint density at radius 2 is 1.10 bits per heavy atom. The number of esters is 2. The van der Waals surface area contributed by atoms with E-state index in [1.165, 1.54) is 152 Å². The first-order valence-electron chi connectivity index (χ1n) is 30.4. The van der Waals surface area contributed by atoms with Gasteiger partial charge in [-0.2, -0.15) is 11.8 Å². The minimum atomic E-state index is -2.57. The Labute approximate surface area is 450 Å². The minimum Gasteiger partial charge on any atom is -0.466 e. The number of nitrogens with zero attached hydrogens (tertiary/aromatic N) is 1. The van der Waals surface area contributed by atoms with Crippen LogP contribution in [0.2, 0.25) is 5.04 Å². The van der Waals surface area contributed by atoms with Crippen molar-refractivity contribution < 1.29 is 23.5 Å². The zero-order valence-electron chi connectivity index (χ0n) is 48.0. The van der Waals surface area contributed by atoms with Crippen LogP contribution in [0.4, 0.5) is 0 Å². The van der Waals surface area contributed by atoms with Crippen LogP contribution in [-0.4, -0.2) is 75.1 Å². The standard InChI is InChI=1S/C64H111NO5SSi/c1-9-13-17-19-29-43-62(66)68-53-49-55(35-23-15-11-3)45-47-57(65(8)51-33-34-52-69-72(64(5,6)7,58-37-25-21-26-38-58)59-39-27-22-28-40-59)48-46-56(36-24-16-12-4)50-54-71-61-42-32-31-41-60(61)70-63(67)44-30-20-18-14-10-2/h21-22,25-28,37-40,55-57,60-61H,9-20,23-24,29-36,41-54H2,1-8H3/t55?,56?,57?,60-,61-/m1/s1. The highest BCUT2D eigenvalue weighted by molar-refractivity contribution is 7.99. The highest BCUT2D eigenvalue weighted by atomic mass is 32.2. The van der Waals surface area contributed by atoms with Crippen molar-refractivity contribution in [2.75, 3.05) is 32.6 Å². The van der Waals surface area contributed by atoms with Gasteiger partial charge in [0, 0.05) is 30.7 Å². The molecule has 0 aliphatic heterocycles. The van der Waals surface area contributed by atoms with E-state index < -0.39 is 8.32 Å². The number of unbranched alkanes of at least 4 members (excludes halogenated alkanes) is 13. The largest absolute Gasteiger partial charge is 0.466 e. The molecular weight excluding hydrogens is 923 g/mol. The molecule has 0 radical (unpaired) electrons. The number of hydrogen-bond donors (Lipinski definition) is 0. The zero-order valence-corrected chi connectivity index (χ0v) is 49.8. The van der Waals surface area contributed by atoms with Gasteiger partial charge in [0.25, 0.3) is 8.32 Å². The number of carbonyl (C=O) groups is 2. The molecule has 0 aromatic heterocycles. The Morgan fingerprint density at radius 3 is 1.65 bits per heavy atom. The van der Waals surface area contributed by atoms with Crippen LogP contribution in [0.3, 0.4) is 0 Å². The van der Waals surface area contributed by atoms with Crippen LogP contribution in [0.25, 0.3) is 0 Å². The number of hydrogen-bond acceptors (Lipinski definition) is 7. The summed E-state index contributed by atoms with van der Waals surface area (Å²) in [4.78, 5) is 28.4. The van der Waals surface area contributed by atoms with E-state index in [4.69, 9.17) is 13.9 Å². The van der Waals surface area contributed by atoms with E-state index in [1.807, 2.05) is 0 Å². The lowest BCUT2D eigenvalue weighted by Crippen LogP contribution is -2.66. The van der Waals surface area contributed by atoms with Crippen LogP contribution in [0, 0.1) is 11.8 Å². The van der Waals surface area contributed by atoms with Crippen molar-refractivity contribution in [3.63, 3.8) is 0 Å². The molecule has 1 fully saturated rings. The van der Waals surface area contributed by atoms with E-state index in [-0.39, 0.29) is 23.1 Å². The van der Waals surface area contributed by atoms with Gasteiger partial charge in [0.2, 0.25) is 0 Å². The van der Waals surface area contributed by atoms with Crippen molar-refractivity contribution in [3.8, 4) is 0 Å². The second-order valence-electron chi connectivity index (χ2n) is 23.1. The molecule has 72 heavy (non-hydrogen) atoms. The SMILES string of the molecule is CCCCCCCC(=O)OCCC(CCCCC)CCC(CCC(CCCCC)CCS[C@@H]1CCCC[C@H]1OC(=O)CCCCCCC)N(C)CCCCO[Si](c1ccccc1)(c1ccccc1)C(C)(C)C. The molecule has 2 aromatic carbocycles. The fourth-order valence-corrected chi connectivity index (χ4v) is 17.6. The van der Waals surface area contributed by atoms with Crippen LogP contribution in [0.1, 0.15) is 254 Å². The molecule has 8 heteroatoms. The predicted octanol–water partition coefficient (Wildman–Crippen LogP) is 17.2. The third-order valence-corrected chi connectivity index (χ3v) is 22.5. The average Bonchev–Trinajstić information content (AvgIpc) is 3.37. The van der Waals surface area contributed by atoms with E-state index in [0.717, 1.165) is 70.3 Å². The van der Waals surface area contributed by atoms with Gasteiger partial charge in [-0.25, -0.2) is 0 Å². The van der Waals surface area contributed by atoms with E-state index in [2.05, 4.69) is 133 Å². The number of thioether (sulfide) groups is 1. The monoisotopic (exact) mass is 1030 g/mol. The van der Waals surface area contributed by atoms with Gasteiger partial charge in [-0.05, 0) is 130 Å². The molecule has 0 amide bonds. The third-order valence-electron chi connectivity index (χ3n) is 16.1. The Balaban J connectivity index is 1.71. The summed E-state index contributed by atoms with van der Waals surface area (Å²) in [5, 5.41) is 3.11. The average molecular weight is 1030 g/mol. The summed E-state index contributed by atoms with van der Waals surface area (Å²) in [6, 6.07) is 22.7. The lowest BCUT2D eigenvalue weighted by atomic mass is 9.87. The molecule has 5 atom stereocenters. The maximum Gasteiger partial charge on any atom is 0.306 e. The highest BCUT2D eigenvalue weighted by Crippen LogP contribution is 2.37. The number of ether oxygens (including phenoxy) is 2. The topological polar surface area (TPSA) is 65.1 Å². The molecule has 1 aliphatic rings. The maximum atomic E-state index is 12.9. The van der Waals surface area contributed by atoms with Crippen molar-refractivity contribution in [1.29, 1.82) is 0 Å². The van der Waals surface area contributed by atoms with Crippen molar-refractivity contribution in [3.05, 3.63) is 60.7 Å². The number of benzene rings is 2. The summed E-state index contributed by atoms with van der Waals surface area (Å²) in [5.41, 5.74) is 0. The van der Waals surface area contributed by atoms with Gasteiger partial charge in [-0.3, -0.25) is 9.59 Å². The van der Waals surface area contributed by atoms with Gasteiger partial charge in [0.1, 0.15) is 6.10 Å². The smallest absolute Gasteiger partial charge is 0.306 e. The molecule has 3 unspecified atom stereocenters. The Hall–Kier alpha value is -2.13. The van der Waals surface area contributed by atoms with E-state index in [0.29, 0.717) is 42.6 Å². The van der Waals surface area contributed by atoms with Gasteiger partial charge in [-0.15, -0.1) is 0 Å². The molecule has 412 valence electrons. The van der Waals surface area contributed by atoms with Crippen LogP contribution in [-0.2, 0) is 23.5 Å². The molecule has 0 heterocycles. The summed E-state index contributed by atoms with van der Waals surface area (Å²) in [6.07, 6.45) is 36.9. The summed E-state index contributed by atoms with van der Waals surface area (Å²) in [5.74, 6) is 2.49. The third kappa shape index (κ3) is 25.6. The van der Waals surface area contributed by atoms with Crippen molar-refractivity contribution in [2.24, 2.45) is 11.8 Å². The van der Waals surface area contributed by atoms with Gasteiger partial charge < -0.3 is 18.8 Å². The molecule has 0 bridgehead atoms. The zero-order chi connectivity index (χ0) is 52.1. The Bertz CT molecular complexity index is 1580. The number of rotatable bonds is 43. The first kappa shape index (κ1) is 64.2. The quantitative estimate of drug-likeness (QED) is 0.0372. The minimum absolute atomic E-state index is 0.00388. The maximum absolute atomic E-state index is 12.9. The van der Waals surface area contributed by atoms with Crippen LogP contribution >= 0.6 is 11.8 Å². The molecule has 6 nitrogen and oxygen atoms in total. The van der Waals surface area contributed by atoms with Crippen molar-refractivity contribution >= 4 is 42.4 Å². The fourth-order valence-electron chi connectivity index (χ4n) is 11.5. The van der Waals surface area contributed by atoms with Gasteiger partial charge in [0.15, 0.2) is 0 Å². The molecule has 0 saturated heterocycles. The van der Waals surface area contributed by atoms with Gasteiger partial charge in [0.05, 0.1) is 6.61 Å². The van der Waals surface area contributed by atoms with Gasteiger partial charge >= 0.3 is 11.9 Å². The second kappa shape index (κ2) is 39.3. The Morgan fingerprint density at radius 1 is 0.583 bits per heavy atom. The molecule has 0 spiro atoms. The predicted molar refractivity (Wildman–Crippen MR) is 314 cm³/mol. The number of carbonyl (C=O) groups excluding carboxylic acids is 2. The molecule has 1 aliphatic carbocycles. The summed E-state index contributed by atoms with van der Waals surface area (Å²) in [6.45, 7) is 18.6. The molecule has 3 rings (SSSR count). The first-order chi connectivity index (χ1) is 35.0. The van der Waals surface area contributed by atoms with E-state index >= 15 is 0 Å². The first-order valence-corrected chi connectivity index (χ1v) is 33.4.